The van der Waals surface area contributed by atoms with Gasteiger partial charge in [0.2, 0.25) is 10.0 Å². The van der Waals surface area contributed by atoms with Crippen LogP contribution >= 0.6 is 0 Å². The molecule has 0 N–H and O–H groups in total. The molecular formula is C23H29N3O3S. The van der Waals surface area contributed by atoms with Gasteiger partial charge in [-0.05, 0) is 69.5 Å². The summed E-state index contributed by atoms with van der Waals surface area (Å²) in [5, 5.41) is 1.17. The molecule has 3 heterocycles. The first-order valence-corrected chi connectivity index (χ1v) is 12.0. The zero-order valence-corrected chi connectivity index (χ0v) is 18.8. The van der Waals surface area contributed by atoms with Crippen LogP contribution in [0.4, 0.5) is 0 Å². The summed E-state index contributed by atoms with van der Waals surface area (Å²) in [4.78, 5) is 4.58. The fourth-order valence-corrected chi connectivity index (χ4v) is 5.86. The highest BCUT2D eigenvalue weighted by atomic mass is 32.2. The number of aryl methyl sites for hydroxylation is 2. The maximum Gasteiger partial charge on any atom is 0.243 e. The van der Waals surface area contributed by atoms with Crippen LogP contribution in [0, 0.1) is 6.92 Å². The molecule has 0 amide bonds. The molecule has 6 nitrogen and oxygen atoms in total. The Hall–Kier alpha value is -2.38. The Morgan fingerprint density at radius 2 is 2.07 bits per heavy atom. The standard InChI is InChI=1S/C23H29N3O3S/c1-5-25-15-21(20-8-10-24-13-22(20)25)18-9-11-26(14-18)30(27,28)19-6-7-23(17(4)12-19)29-16(2)3/h6-8,10,12-13,15-16,18H,5,9,11,14H2,1-4H3. The lowest BCUT2D eigenvalue weighted by Gasteiger charge is -2.18. The first-order chi connectivity index (χ1) is 14.3. The number of ether oxygens (including phenoxy) is 1. The lowest BCUT2D eigenvalue weighted by Crippen LogP contribution is -2.28. The van der Waals surface area contributed by atoms with Gasteiger partial charge in [0.25, 0.3) is 0 Å². The third kappa shape index (κ3) is 3.72. The third-order valence-corrected chi connectivity index (χ3v) is 7.65. The Morgan fingerprint density at radius 3 is 2.77 bits per heavy atom. The number of rotatable bonds is 6. The number of fused-ring (bicyclic) bond motifs is 1. The van der Waals surface area contributed by atoms with E-state index in [0.717, 1.165) is 29.8 Å². The van der Waals surface area contributed by atoms with E-state index in [9.17, 15) is 8.42 Å². The summed E-state index contributed by atoms with van der Waals surface area (Å²) in [6.45, 7) is 9.80. The van der Waals surface area contributed by atoms with Crippen LogP contribution in [-0.4, -0.2) is 41.5 Å². The molecule has 0 bridgehead atoms. The minimum atomic E-state index is -3.54. The number of nitrogens with zero attached hydrogens (tertiary/aromatic N) is 3. The van der Waals surface area contributed by atoms with Gasteiger partial charge in [0.1, 0.15) is 5.75 Å². The number of hydrogen-bond donors (Lipinski definition) is 0. The van der Waals surface area contributed by atoms with E-state index in [4.69, 9.17) is 4.74 Å². The quantitative estimate of drug-likeness (QED) is 0.587. The Balaban J connectivity index is 1.59. The van der Waals surface area contributed by atoms with Gasteiger partial charge in [-0.1, -0.05) is 0 Å². The van der Waals surface area contributed by atoms with Gasteiger partial charge < -0.3 is 9.30 Å². The molecule has 1 aliphatic rings. The summed E-state index contributed by atoms with van der Waals surface area (Å²) < 4.78 is 36.1. The highest BCUT2D eigenvalue weighted by Gasteiger charge is 2.34. The molecule has 1 atom stereocenters. The number of benzene rings is 1. The maximum atomic E-state index is 13.3. The monoisotopic (exact) mass is 427 g/mol. The second-order valence-electron chi connectivity index (χ2n) is 8.21. The summed E-state index contributed by atoms with van der Waals surface area (Å²) in [5.74, 6) is 0.909. The van der Waals surface area contributed by atoms with Crippen LogP contribution in [0.3, 0.4) is 0 Å². The second-order valence-corrected chi connectivity index (χ2v) is 10.1. The molecule has 1 aromatic carbocycles. The van der Waals surface area contributed by atoms with Crippen LogP contribution < -0.4 is 4.74 Å². The molecule has 0 spiro atoms. The van der Waals surface area contributed by atoms with E-state index < -0.39 is 10.0 Å². The average Bonchev–Trinajstić information content (AvgIpc) is 3.34. The van der Waals surface area contributed by atoms with Gasteiger partial charge >= 0.3 is 0 Å². The van der Waals surface area contributed by atoms with Crippen molar-refractivity contribution in [1.29, 1.82) is 0 Å². The van der Waals surface area contributed by atoms with Crippen molar-refractivity contribution in [1.82, 2.24) is 13.9 Å². The Kier molecular flexibility index (Phi) is 5.59. The van der Waals surface area contributed by atoms with Gasteiger partial charge in [0, 0.05) is 43.3 Å². The van der Waals surface area contributed by atoms with E-state index in [1.165, 1.54) is 10.9 Å². The van der Waals surface area contributed by atoms with Crippen LogP contribution in [-0.2, 0) is 16.6 Å². The summed E-state index contributed by atoms with van der Waals surface area (Å²) in [6, 6.07) is 7.17. The van der Waals surface area contributed by atoms with Crippen molar-refractivity contribution in [3.8, 4) is 5.75 Å². The highest BCUT2D eigenvalue weighted by Crippen LogP contribution is 2.36. The van der Waals surface area contributed by atoms with E-state index in [-0.39, 0.29) is 12.0 Å². The van der Waals surface area contributed by atoms with Crippen molar-refractivity contribution in [3.63, 3.8) is 0 Å². The Labute approximate surface area is 178 Å². The van der Waals surface area contributed by atoms with Crippen molar-refractivity contribution in [3.05, 3.63) is 54.0 Å². The van der Waals surface area contributed by atoms with Crippen molar-refractivity contribution in [2.45, 2.75) is 57.6 Å². The fraction of sp³-hybridized carbons (Fsp3) is 0.435. The number of hydrogen-bond acceptors (Lipinski definition) is 4. The number of pyridine rings is 1. The largest absolute Gasteiger partial charge is 0.491 e. The van der Waals surface area contributed by atoms with Crippen LogP contribution in [0.1, 0.15) is 44.2 Å². The molecule has 2 aromatic heterocycles. The fourth-order valence-electron chi connectivity index (χ4n) is 4.27. The van der Waals surface area contributed by atoms with Crippen LogP contribution in [0.2, 0.25) is 0 Å². The smallest absolute Gasteiger partial charge is 0.243 e. The van der Waals surface area contributed by atoms with E-state index in [1.54, 1.807) is 28.7 Å². The van der Waals surface area contributed by atoms with Gasteiger partial charge in [-0.25, -0.2) is 8.42 Å². The Morgan fingerprint density at radius 1 is 1.27 bits per heavy atom. The molecule has 1 aliphatic heterocycles. The highest BCUT2D eigenvalue weighted by molar-refractivity contribution is 7.89. The maximum absolute atomic E-state index is 13.3. The third-order valence-electron chi connectivity index (χ3n) is 5.79. The molecule has 30 heavy (non-hydrogen) atoms. The summed E-state index contributed by atoms with van der Waals surface area (Å²) >= 11 is 0. The number of sulfonamides is 1. The lowest BCUT2D eigenvalue weighted by molar-refractivity contribution is 0.240. The molecule has 1 unspecified atom stereocenters. The van der Waals surface area contributed by atoms with E-state index >= 15 is 0 Å². The molecule has 0 saturated carbocycles. The topological polar surface area (TPSA) is 64.4 Å². The second kappa shape index (κ2) is 8.04. The number of aromatic nitrogens is 2. The molecule has 4 rings (SSSR count). The van der Waals surface area contributed by atoms with Crippen molar-refractivity contribution in [2.24, 2.45) is 0 Å². The van der Waals surface area contributed by atoms with Gasteiger partial charge in [-0.15, -0.1) is 0 Å². The van der Waals surface area contributed by atoms with Gasteiger partial charge in [0.15, 0.2) is 0 Å². The van der Waals surface area contributed by atoms with Crippen LogP contribution in [0.15, 0.2) is 47.8 Å². The van der Waals surface area contributed by atoms with Crippen molar-refractivity contribution in [2.75, 3.05) is 13.1 Å². The summed E-state index contributed by atoms with van der Waals surface area (Å²) in [7, 11) is -3.54. The lowest BCUT2D eigenvalue weighted by atomic mass is 9.98. The van der Waals surface area contributed by atoms with Crippen LogP contribution in [0.25, 0.3) is 10.9 Å². The molecule has 1 fully saturated rings. The molecule has 0 radical (unpaired) electrons. The van der Waals surface area contributed by atoms with Gasteiger partial charge in [-0.2, -0.15) is 4.31 Å². The molecule has 0 aliphatic carbocycles. The molecule has 3 aromatic rings. The van der Waals surface area contributed by atoms with E-state index in [2.05, 4.69) is 22.7 Å². The molecule has 7 heteroatoms. The normalized spacial score (nSPS) is 17.8. The van der Waals surface area contributed by atoms with Gasteiger partial charge in [0.05, 0.1) is 22.7 Å². The first kappa shape index (κ1) is 20.9. The predicted octanol–water partition coefficient (Wildman–Crippen LogP) is 4.33. The van der Waals surface area contributed by atoms with E-state index in [1.807, 2.05) is 33.0 Å². The van der Waals surface area contributed by atoms with Crippen molar-refractivity contribution >= 4 is 20.9 Å². The van der Waals surface area contributed by atoms with Crippen molar-refractivity contribution < 1.29 is 13.2 Å². The van der Waals surface area contributed by atoms with Crippen LogP contribution in [0.5, 0.6) is 5.75 Å². The summed E-state index contributed by atoms with van der Waals surface area (Å²) in [6.07, 6.45) is 6.72. The minimum Gasteiger partial charge on any atom is -0.491 e. The zero-order valence-electron chi connectivity index (χ0n) is 18.0. The molecular weight excluding hydrogens is 398 g/mol. The first-order valence-electron chi connectivity index (χ1n) is 10.5. The van der Waals surface area contributed by atoms with Gasteiger partial charge in [-0.3, -0.25) is 4.98 Å². The summed E-state index contributed by atoms with van der Waals surface area (Å²) in [5.41, 5.74) is 3.15. The zero-order chi connectivity index (χ0) is 21.5. The van der Waals surface area contributed by atoms with E-state index in [0.29, 0.717) is 18.0 Å². The average molecular weight is 428 g/mol. The minimum absolute atomic E-state index is 0.0472. The molecule has 1 saturated heterocycles. The molecule has 160 valence electrons. The predicted molar refractivity (Wildman–Crippen MR) is 118 cm³/mol. The Bertz CT molecular complexity index is 1170. The SMILES string of the molecule is CCn1cc(C2CCN(S(=O)(=O)c3ccc(OC(C)C)c(C)c3)C2)c2ccncc21.